The van der Waals surface area contributed by atoms with Crippen LogP contribution in [-0.2, 0) is 9.59 Å². The highest BCUT2D eigenvalue weighted by atomic mass is 35.5. The number of hydrogen-bond donors (Lipinski definition) is 0. The summed E-state index contributed by atoms with van der Waals surface area (Å²) in [4.78, 5) is 25.4. The summed E-state index contributed by atoms with van der Waals surface area (Å²) in [5.41, 5.74) is 0.735. The molecule has 0 radical (unpaired) electrons. The van der Waals surface area contributed by atoms with E-state index >= 15 is 0 Å². The van der Waals surface area contributed by atoms with Crippen molar-refractivity contribution in [3.05, 3.63) is 34.9 Å². The highest BCUT2D eigenvalue weighted by Gasteiger charge is 2.25. The van der Waals surface area contributed by atoms with Crippen LogP contribution in [0, 0.1) is 0 Å². The Balaban J connectivity index is 2.34. The molecule has 2 rings (SSSR count). The van der Waals surface area contributed by atoms with E-state index in [1.54, 1.807) is 24.3 Å². The lowest BCUT2D eigenvalue weighted by Crippen LogP contribution is -1.98. The second-order valence-electron chi connectivity index (χ2n) is 2.62. The highest BCUT2D eigenvalue weighted by molar-refractivity contribution is 8.28. The number of aliphatic imine (C=N–C) groups is 1. The topological polar surface area (TPSA) is 46.5 Å². The monoisotopic (exact) mass is 225 g/mol. The van der Waals surface area contributed by atoms with Crippen molar-refractivity contribution in [2.75, 3.05) is 0 Å². The van der Waals surface area contributed by atoms with Gasteiger partial charge in [0, 0.05) is 10.6 Å². The average molecular weight is 226 g/mol. The summed E-state index contributed by atoms with van der Waals surface area (Å²) in [6, 6.07) is 6.82. The summed E-state index contributed by atoms with van der Waals surface area (Å²) in [5.74, 6) is -0.694. The lowest BCUT2D eigenvalue weighted by Gasteiger charge is -1.96. The van der Waals surface area contributed by atoms with E-state index in [4.69, 9.17) is 11.6 Å². The van der Waals surface area contributed by atoms with E-state index < -0.39 is 11.0 Å². The van der Waals surface area contributed by atoms with Crippen molar-refractivity contribution < 1.29 is 9.59 Å². The minimum Gasteiger partial charge on any atom is -0.275 e. The van der Waals surface area contributed by atoms with Gasteiger partial charge >= 0.3 is 5.91 Å². The Hall–Kier alpha value is -1.13. The van der Waals surface area contributed by atoms with E-state index in [-0.39, 0.29) is 0 Å². The van der Waals surface area contributed by atoms with Crippen molar-refractivity contribution in [1.82, 2.24) is 0 Å². The number of benzene rings is 1. The second-order valence-corrected chi connectivity index (χ2v) is 4.02. The van der Waals surface area contributed by atoms with Crippen molar-refractivity contribution in [2.24, 2.45) is 4.99 Å². The lowest BCUT2D eigenvalue weighted by atomic mass is 10.2. The van der Waals surface area contributed by atoms with Gasteiger partial charge < -0.3 is 0 Å². The van der Waals surface area contributed by atoms with Crippen molar-refractivity contribution in [1.29, 1.82) is 0 Å². The first-order chi connectivity index (χ1) is 6.66. The van der Waals surface area contributed by atoms with Gasteiger partial charge in [-0.05, 0) is 23.9 Å². The molecule has 0 atom stereocenters. The first-order valence-electron chi connectivity index (χ1n) is 3.77. The van der Waals surface area contributed by atoms with Crippen LogP contribution in [0.3, 0.4) is 0 Å². The average Bonchev–Trinajstić information content (AvgIpc) is 2.48. The van der Waals surface area contributed by atoms with Crippen LogP contribution >= 0.6 is 23.4 Å². The van der Waals surface area contributed by atoms with Gasteiger partial charge in [0.25, 0.3) is 5.12 Å². The fourth-order valence-corrected chi connectivity index (χ4v) is 1.83. The number of amides is 1. The molecule has 1 aromatic carbocycles. The number of nitrogens with zero attached hydrogens (tertiary/aromatic N) is 1. The van der Waals surface area contributed by atoms with Crippen LogP contribution in [0.2, 0.25) is 5.02 Å². The second kappa shape index (κ2) is 3.55. The molecule has 0 N–H and O–H groups in total. The van der Waals surface area contributed by atoms with Gasteiger partial charge in [-0.15, -0.1) is 0 Å². The van der Waals surface area contributed by atoms with Gasteiger partial charge in [-0.25, -0.2) is 0 Å². The molecule has 70 valence electrons. The Bertz CT molecular complexity index is 439. The van der Waals surface area contributed by atoms with Gasteiger partial charge in [0.05, 0.1) is 0 Å². The molecule has 5 heteroatoms. The number of rotatable bonds is 1. The molecule has 0 fully saturated rings. The molecule has 1 aromatic rings. The zero-order valence-electron chi connectivity index (χ0n) is 6.86. The van der Waals surface area contributed by atoms with E-state index in [1.165, 1.54) is 0 Å². The zero-order valence-corrected chi connectivity index (χ0v) is 8.43. The lowest BCUT2D eigenvalue weighted by molar-refractivity contribution is -0.130. The first kappa shape index (κ1) is 9.43. The fourth-order valence-electron chi connectivity index (χ4n) is 1.01. The number of carbonyl (C=O) groups excluding carboxylic acids is 2. The minimum absolute atomic E-state index is 0.441. The third-order valence-electron chi connectivity index (χ3n) is 1.66. The van der Waals surface area contributed by atoms with Crippen molar-refractivity contribution >= 4 is 39.4 Å². The maximum atomic E-state index is 10.9. The first-order valence-corrected chi connectivity index (χ1v) is 4.97. The van der Waals surface area contributed by atoms with Gasteiger partial charge in [-0.3, -0.25) is 9.59 Å². The van der Waals surface area contributed by atoms with Crippen molar-refractivity contribution in [3.63, 3.8) is 0 Å². The van der Waals surface area contributed by atoms with Crippen LogP contribution in [0.15, 0.2) is 29.3 Å². The summed E-state index contributed by atoms with van der Waals surface area (Å²) in [6.45, 7) is 0. The molecular formula is C9H4ClNO2S. The number of thioether (sulfide) groups is 1. The van der Waals surface area contributed by atoms with E-state index in [1.807, 2.05) is 0 Å². The number of carbonyl (C=O) groups is 2. The fraction of sp³-hybridized carbons (Fsp3) is 0. The Labute approximate surface area is 89.2 Å². The molecule has 1 aliphatic rings. The van der Waals surface area contributed by atoms with Gasteiger partial charge in [0.2, 0.25) is 0 Å². The van der Waals surface area contributed by atoms with Crippen LogP contribution in [0.25, 0.3) is 0 Å². The summed E-state index contributed by atoms with van der Waals surface area (Å²) in [7, 11) is 0. The predicted molar refractivity (Wildman–Crippen MR) is 55.6 cm³/mol. The Morgan fingerprint density at radius 2 is 1.79 bits per heavy atom. The summed E-state index contributed by atoms with van der Waals surface area (Å²) in [5, 5.41) is 0.515. The van der Waals surface area contributed by atoms with Gasteiger partial charge in [-0.1, -0.05) is 23.7 Å². The summed E-state index contributed by atoms with van der Waals surface area (Å²) >= 11 is 6.55. The Kier molecular flexibility index (Phi) is 2.39. The van der Waals surface area contributed by atoms with Crippen LogP contribution in [0.4, 0.5) is 0 Å². The third-order valence-corrected chi connectivity index (χ3v) is 2.79. The molecule has 1 heterocycles. The van der Waals surface area contributed by atoms with Gasteiger partial charge in [-0.2, -0.15) is 4.99 Å². The predicted octanol–water partition coefficient (Wildman–Crippen LogP) is 1.89. The van der Waals surface area contributed by atoms with E-state index in [2.05, 4.69) is 4.99 Å². The molecule has 1 aliphatic heterocycles. The quantitative estimate of drug-likeness (QED) is 0.686. The molecule has 0 saturated carbocycles. The molecule has 14 heavy (non-hydrogen) atoms. The van der Waals surface area contributed by atoms with E-state index in [0.29, 0.717) is 10.1 Å². The largest absolute Gasteiger partial charge is 0.325 e. The minimum atomic E-state index is -0.694. The van der Waals surface area contributed by atoms with Crippen LogP contribution < -0.4 is 0 Å². The molecule has 3 nitrogen and oxygen atoms in total. The zero-order chi connectivity index (χ0) is 10.1. The highest BCUT2D eigenvalue weighted by Crippen LogP contribution is 2.22. The Morgan fingerprint density at radius 1 is 1.14 bits per heavy atom. The maximum Gasteiger partial charge on any atom is 0.325 e. The molecule has 0 saturated heterocycles. The molecule has 0 unspecified atom stereocenters. The van der Waals surface area contributed by atoms with Gasteiger partial charge in [0.1, 0.15) is 5.04 Å². The van der Waals surface area contributed by atoms with Crippen LogP contribution in [0.5, 0.6) is 0 Å². The molecule has 0 spiro atoms. The van der Waals surface area contributed by atoms with Crippen molar-refractivity contribution in [3.8, 4) is 0 Å². The van der Waals surface area contributed by atoms with Crippen LogP contribution in [-0.4, -0.2) is 16.1 Å². The van der Waals surface area contributed by atoms with Crippen molar-refractivity contribution in [2.45, 2.75) is 0 Å². The molecule has 0 aromatic heterocycles. The molecule has 1 amide bonds. The normalized spacial score (nSPS) is 15.9. The smallest absolute Gasteiger partial charge is 0.275 e. The van der Waals surface area contributed by atoms with E-state index in [0.717, 1.165) is 17.3 Å². The van der Waals surface area contributed by atoms with Gasteiger partial charge in [0.15, 0.2) is 0 Å². The standard InChI is InChI=1S/C9H4ClNO2S/c10-6-3-1-5(2-4-6)8-11-7(12)9(13)14-8/h1-4H. The van der Waals surface area contributed by atoms with Crippen LogP contribution in [0.1, 0.15) is 5.56 Å². The maximum absolute atomic E-state index is 10.9. The molecular weight excluding hydrogens is 222 g/mol. The SMILES string of the molecule is O=C1N=C(c2ccc(Cl)cc2)SC1=O. The van der Waals surface area contributed by atoms with E-state index in [9.17, 15) is 9.59 Å². The Morgan fingerprint density at radius 3 is 2.29 bits per heavy atom. The number of halogens is 1. The third kappa shape index (κ3) is 1.71. The summed E-state index contributed by atoms with van der Waals surface area (Å²) in [6.07, 6.45) is 0. The summed E-state index contributed by atoms with van der Waals surface area (Å²) < 4.78 is 0. The molecule has 0 aliphatic carbocycles. The number of hydrogen-bond acceptors (Lipinski definition) is 3. The molecule has 0 bridgehead atoms.